The first-order valence-corrected chi connectivity index (χ1v) is 8.11. The number of nitrogens with zero attached hydrogens (tertiary/aromatic N) is 1. The second kappa shape index (κ2) is 7.74. The Bertz CT molecular complexity index is 1040. The average Bonchev–Trinajstić information content (AvgIpc) is 2.70. The van der Waals surface area contributed by atoms with E-state index in [4.69, 9.17) is 13.9 Å². The molecular weight excluding hydrogens is 350 g/mol. The fraction of sp³-hybridized carbons (Fsp3) is 0.150. The van der Waals surface area contributed by atoms with Crippen LogP contribution in [0, 0.1) is 0 Å². The summed E-state index contributed by atoms with van der Waals surface area (Å²) in [5.74, 6) is -0.978. The van der Waals surface area contributed by atoms with E-state index in [1.807, 2.05) is 6.07 Å². The predicted molar refractivity (Wildman–Crippen MR) is 99.2 cm³/mol. The molecule has 0 bridgehead atoms. The first-order chi connectivity index (χ1) is 13.0. The molecule has 7 heteroatoms. The topological polar surface area (TPSA) is 86.0 Å². The number of methoxy groups -OCH3 is 1. The molecule has 1 heterocycles. The molecule has 138 valence electrons. The highest BCUT2D eigenvalue weighted by Crippen LogP contribution is 2.24. The molecule has 0 saturated carbocycles. The van der Waals surface area contributed by atoms with E-state index < -0.39 is 24.1 Å². The molecule has 1 amide bonds. The van der Waals surface area contributed by atoms with Gasteiger partial charge < -0.3 is 18.8 Å². The molecule has 0 aliphatic carbocycles. The summed E-state index contributed by atoms with van der Waals surface area (Å²) in [6, 6.07) is 15.3. The summed E-state index contributed by atoms with van der Waals surface area (Å²) >= 11 is 0. The zero-order valence-electron chi connectivity index (χ0n) is 14.8. The zero-order chi connectivity index (χ0) is 19.4. The second-order valence-electron chi connectivity index (χ2n) is 5.69. The van der Waals surface area contributed by atoms with Crippen molar-refractivity contribution in [1.29, 1.82) is 0 Å². The van der Waals surface area contributed by atoms with E-state index in [1.165, 1.54) is 18.1 Å². The second-order valence-corrected chi connectivity index (χ2v) is 5.69. The molecule has 0 spiro atoms. The minimum absolute atomic E-state index is 0.237. The van der Waals surface area contributed by atoms with Crippen molar-refractivity contribution in [2.24, 2.45) is 0 Å². The Labute approximate surface area is 154 Å². The van der Waals surface area contributed by atoms with Gasteiger partial charge >= 0.3 is 11.6 Å². The molecule has 1 aromatic heterocycles. The fourth-order valence-corrected chi connectivity index (χ4v) is 2.52. The number of benzene rings is 2. The van der Waals surface area contributed by atoms with Gasteiger partial charge in [-0.1, -0.05) is 30.3 Å². The van der Waals surface area contributed by atoms with Crippen LogP contribution in [-0.4, -0.2) is 32.6 Å². The van der Waals surface area contributed by atoms with Gasteiger partial charge in [0.15, 0.2) is 17.9 Å². The molecular formula is C20H17NO6. The number of rotatable bonds is 5. The zero-order valence-corrected chi connectivity index (χ0v) is 14.8. The number of ether oxygens (including phenoxy) is 2. The van der Waals surface area contributed by atoms with Crippen molar-refractivity contribution in [3.8, 4) is 5.75 Å². The van der Waals surface area contributed by atoms with Gasteiger partial charge in [0.1, 0.15) is 5.56 Å². The third-order valence-electron chi connectivity index (χ3n) is 4.01. The van der Waals surface area contributed by atoms with Gasteiger partial charge in [-0.2, -0.15) is 0 Å². The summed E-state index contributed by atoms with van der Waals surface area (Å²) in [7, 11) is 3.02. The summed E-state index contributed by atoms with van der Waals surface area (Å²) in [4.78, 5) is 37.9. The van der Waals surface area contributed by atoms with Crippen molar-refractivity contribution in [2.45, 2.75) is 0 Å². The SMILES string of the molecule is COc1cccc2cc(C(=O)OCC(=O)N(C)c3ccccc3)c(=O)oc12. The average molecular weight is 367 g/mol. The van der Waals surface area contributed by atoms with Crippen LogP contribution in [-0.2, 0) is 9.53 Å². The molecule has 0 saturated heterocycles. The molecule has 0 radical (unpaired) electrons. The van der Waals surface area contributed by atoms with Gasteiger partial charge in [0.2, 0.25) is 0 Å². The summed E-state index contributed by atoms with van der Waals surface area (Å²) in [5.41, 5.74) is -0.246. The van der Waals surface area contributed by atoms with Crippen LogP contribution in [0.1, 0.15) is 10.4 Å². The number of hydrogen-bond donors (Lipinski definition) is 0. The van der Waals surface area contributed by atoms with Crippen LogP contribution in [0.2, 0.25) is 0 Å². The van der Waals surface area contributed by atoms with Crippen LogP contribution < -0.4 is 15.3 Å². The summed E-state index contributed by atoms with van der Waals surface area (Å²) in [5, 5.41) is 0.508. The van der Waals surface area contributed by atoms with Gasteiger partial charge in [-0.15, -0.1) is 0 Å². The van der Waals surface area contributed by atoms with Crippen molar-refractivity contribution in [2.75, 3.05) is 25.7 Å². The molecule has 0 N–H and O–H groups in total. The van der Waals surface area contributed by atoms with Crippen molar-refractivity contribution in [3.63, 3.8) is 0 Å². The van der Waals surface area contributed by atoms with E-state index in [0.717, 1.165) is 0 Å². The molecule has 3 rings (SSSR count). The Balaban J connectivity index is 1.75. The molecule has 7 nitrogen and oxygen atoms in total. The van der Waals surface area contributed by atoms with Gasteiger partial charge in [0, 0.05) is 18.1 Å². The van der Waals surface area contributed by atoms with Crippen molar-refractivity contribution < 1.29 is 23.5 Å². The van der Waals surface area contributed by atoms with Crippen LogP contribution in [0.5, 0.6) is 5.75 Å². The van der Waals surface area contributed by atoms with E-state index in [2.05, 4.69) is 0 Å². The summed E-state index contributed by atoms with van der Waals surface area (Å²) in [6.07, 6.45) is 0. The van der Waals surface area contributed by atoms with Crippen molar-refractivity contribution in [1.82, 2.24) is 0 Å². The van der Waals surface area contributed by atoms with Crippen LogP contribution in [0.25, 0.3) is 11.0 Å². The number of amides is 1. The lowest BCUT2D eigenvalue weighted by Gasteiger charge is -2.17. The third kappa shape index (κ3) is 3.82. The number of carbonyl (C=O) groups is 2. The number of para-hydroxylation sites is 2. The fourth-order valence-electron chi connectivity index (χ4n) is 2.52. The van der Waals surface area contributed by atoms with Gasteiger partial charge in [-0.25, -0.2) is 9.59 Å². The van der Waals surface area contributed by atoms with Crippen LogP contribution in [0.4, 0.5) is 5.69 Å². The highest BCUT2D eigenvalue weighted by molar-refractivity contribution is 5.98. The maximum Gasteiger partial charge on any atom is 0.351 e. The Morgan fingerprint density at radius 2 is 1.81 bits per heavy atom. The van der Waals surface area contributed by atoms with E-state index in [0.29, 0.717) is 16.8 Å². The molecule has 0 fully saturated rings. The standard InChI is InChI=1S/C20H17NO6/c1-21(14-8-4-3-5-9-14)17(22)12-26-19(23)15-11-13-7-6-10-16(25-2)18(13)27-20(15)24/h3-11H,12H2,1-2H3. The first kappa shape index (κ1) is 18.2. The van der Waals surface area contributed by atoms with Gasteiger partial charge in [0.05, 0.1) is 7.11 Å². The Morgan fingerprint density at radius 1 is 1.07 bits per heavy atom. The minimum atomic E-state index is -0.928. The highest BCUT2D eigenvalue weighted by Gasteiger charge is 2.19. The molecule has 0 unspecified atom stereocenters. The number of hydrogen-bond acceptors (Lipinski definition) is 6. The van der Waals surface area contributed by atoms with E-state index in [1.54, 1.807) is 49.5 Å². The lowest BCUT2D eigenvalue weighted by molar-refractivity contribution is -0.121. The monoisotopic (exact) mass is 367 g/mol. The Morgan fingerprint density at radius 3 is 2.52 bits per heavy atom. The molecule has 0 aliphatic heterocycles. The van der Waals surface area contributed by atoms with Crippen LogP contribution in [0.15, 0.2) is 63.8 Å². The van der Waals surface area contributed by atoms with Gasteiger partial charge in [-0.05, 0) is 24.3 Å². The number of esters is 1. The van der Waals surface area contributed by atoms with Crippen molar-refractivity contribution in [3.05, 3.63) is 70.6 Å². The summed E-state index contributed by atoms with van der Waals surface area (Å²) < 4.78 is 15.3. The highest BCUT2D eigenvalue weighted by atomic mass is 16.5. The number of fused-ring (bicyclic) bond motifs is 1. The van der Waals surface area contributed by atoms with E-state index >= 15 is 0 Å². The number of anilines is 1. The maximum absolute atomic E-state index is 12.2. The Hall–Kier alpha value is -3.61. The van der Waals surface area contributed by atoms with Gasteiger partial charge in [-0.3, -0.25) is 4.79 Å². The van der Waals surface area contributed by atoms with Crippen LogP contribution >= 0.6 is 0 Å². The lowest BCUT2D eigenvalue weighted by Crippen LogP contribution is -2.31. The maximum atomic E-state index is 12.2. The summed E-state index contributed by atoms with van der Waals surface area (Å²) in [6.45, 7) is -0.500. The predicted octanol–water partition coefficient (Wildman–Crippen LogP) is 2.62. The van der Waals surface area contributed by atoms with E-state index in [-0.39, 0.29) is 11.1 Å². The molecule has 2 aromatic carbocycles. The molecule has 27 heavy (non-hydrogen) atoms. The molecule has 0 atom stereocenters. The quantitative estimate of drug-likeness (QED) is 0.509. The molecule has 0 aliphatic rings. The molecule has 3 aromatic rings. The largest absolute Gasteiger partial charge is 0.493 e. The number of likely N-dealkylation sites (N-methyl/N-ethyl adjacent to an activating group) is 1. The van der Waals surface area contributed by atoms with Gasteiger partial charge in [0.25, 0.3) is 5.91 Å². The third-order valence-corrected chi connectivity index (χ3v) is 4.01. The smallest absolute Gasteiger partial charge is 0.351 e. The lowest BCUT2D eigenvalue weighted by atomic mass is 10.2. The minimum Gasteiger partial charge on any atom is -0.493 e. The first-order valence-electron chi connectivity index (χ1n) is 8.11. The normalized spacial score (nSPS) is 10.4. The van der Waals surface area contributed by atoms with Crippen molar-refractivity contribution >= 4 is 28.5 Å². The van der Waals surface area contributed by atoms with E-state index in [9.17, 15) is 14.4 Å². The Kier molecular flexibility index (Phi) is 5.21. The number of carbonyl (C=O) groups excluding carboxylic acids is 2. The van der Waals surface area contributed by atoms with Crippen LogP contribution in [0.3, 0.4) is 0 Å².